The second kappa shape index (κ2) is 8.13. The van der Waals surface area contributed by atoms with Gasteiger partial charge in [-0.15, -0.1) is 0 Å². The van der Waals surface area contributed by atoms with E-state index in [1.807, 2.05) is 12.1 Å². The van der Waals surface area contributed by atoms with Crippen LogP contribution in [0.1, 0.15) is 31.9 Å². The number of hydrogen-bond donors (Lipinski definition) is 1. The second-order valence-electron chi connectivity index (χ2n) is 7.10. The highest BCUT2D eigenvalue weighted by atomic mass is 16.5. The number of methoxy groups -OCH3 is 2. The Labute approximate surface area is 154 Å². The lowest BCUT2D eigenvalue weighted by molar-refractivity contribution is -0.145. The Balaban J connectivity index is 2.21. The number of hydrogen-bond acceptors (Lipinski definition) is 4. The van der Waals surface area contributed by atoms with Gasteiger partial charge in [0.05, 0.1) is 14.2 Å². The summed E-state index contributed by atoms with van der Waals surface area (Å²) in [5.74, 6) is 0.727. The molecular formula is C21H26O5. The van der Waals surface area contributed by atoms with E-state index < -0.39 is 12.1 Å². The molecule has 1 unspecified atom stereocenters. The van der Waals surface area contributed by atoms with Gasteiger partial charge in [-0.2, -0.15) is 0 Å². The van der Waals surface area contributed by atoms with Crippen molar-refractivity contribution in [1.29, 1.82) is 0 Å². The number of carbonyl (C=O) groups is 1. The topological polar surface area (TPSA) is 65.0 Å². The predicted molar refractivity (Wildman–Crippen MR) is 100 cm³/mol. The molecule has 1 atom stereocenters. The van der Waals surface area contributed by atoms with Crippen molar-refractivity contribution in [1.82, 2.24) is 0 Å². The van der Waals surface area contributed by atoms with Gasteiger partial charge in [0.15, 0.2) is 6.10 Å². The van der Waals surface area contributed by atoms with Crippen LogP contribution < -0.4 is 14.2 Å². The Hall–Kier alpha value is -2.69. The molecule has 26 heavy (non-hydrogen) atoms. The molecule has 0 spiro atoms. The maximum Gasteiger partial charge on any atom is 0.345 e. The van der Waals surface area contributed by atoms with Crippen molar-refractivity contribution < 1.29 is 24.1 Å². The fourth-order valence-electron chi connectivity index (χ4n) is 2.62. The molecule has 0 bridgehead atoms. The highest BCUT2D eigenvalue weighted by Crippen LogP contribution is 2.28. The number of ether oxygens (including phenoxy) is 3. The normalized spacial score (nSPS) is 12.3. The van der Waals surface area contributed by atoms with Gasteiger partial charge in [-0.3, -0.25) is 0 Å². The molecule has 0 fully saturated rings. The first-order valence-electron chi connectivity index (χ1n) is 8.45. The third-order valence-corrected chi connectivity index (χ3v) is 4.17. The van der Waals surface area contributed by atoms with Gasteiger partial charge in [0.25, 0.3) is 0 Å². The van der Waals surface area contributed by atoms with E-state index in [1.165, 1.54) is 0 Å². The van der Waals surface area contributed by atoms with Gasteiger partial charge in [-0.1, -0.05) is 32.9 Å². The van der Waals surface area contributed by atoms with E-state index in [1.54, 1.807) is 44.6 Å². The van der Waals surface area contributed by atoms with Crippen molar-refractivity contribution in [3.05, 3.63) is 53.6 Å². The van der Waals surface area contributed by atoms with Crippen LogP contribution in [0.25, 0.3) is 0 Å². The van der Waals surface area contributed by atoms with Crippen LogP contribution in [0.3, 0.4) is 0 Å². The Kier molecular flexibility index (Phi) is 6.14. The molecule has 0 aromatic heterocycles. The fourth-order valence-corrected chi connectivity index (χ4v) is 2.62. The number of carboxylic acid groups (broad SMARTS) is 1. The first-order chi connectivity index (χ1) is 12.2. The molecule has 0 amide bonds. The van der Waals surface area contributed by atoms with Crippen LogP contribution in [0.15, 0.2) is 42.5 Å². The second-order valence-corrected chi connectivity index (χ2v) is 7.10. The van der Waals surface area contributed by atoms with E-state index in [2.05, 4.69) is 20.8 Å². The van der Waals surface area contributed by atoms with Gasteiger partial charge in [0, 0.05) is 12.0 Å². The zero-order chi connectivity index (χ0) is 19.3. The van der Waals surface area contributed by atoms with Crippen molar-refractivity contribution >= 4 is 5.97 Å². The van der Waals surface area contributed by atoms with E-state index in [0.717, 1.165) is 5.56 Å². The lowest BCUT2D eigenvalue weighted by atomic mass is 9.87. The monoisotopic (exact) mass is 358 g/mol. The van der Waals surface area contributed by atoms with E-state index >= 15 is 0 Å². The van der Waals surface area contributed by atoms with E-state index in [-0.39, 0.29) is 11.8 Å². The molecule has 0 aliphatic carbocycles. The molecule has 2 rings (SSSR count). The minimum absolute atomic E-state index is 0.0265. The molecule has 2 aromatic rings. The highest BCUT2D eigenvalue weighted by Gasteiger charge is 2.23. The summed E-state index contributed by atoms with van der Waals surface area (Å²) >= 11 is 0. The standard InChI is InChI=1S/C21H26O5/c1-21(2,3)15-6-8-16(9-7-15)26-19(20(22)23)13-14-12-17(24-4)10-11-18(14)25-5/h6-12,19H,13H2,1-5H3,(H,22,23). The molecule has 1 N–H and O–H groups in total. The van der Waals surface area contributed by atoms with Gasteiger partial charge < -0.3 is 19.3 Å². The highest BCUT2D eigenvalue weighted by molar-refractivity contribution is 5.73. The smallest absolute Gasteiger partial charge is 0.345 e. The summed E-state index contributed by atoms with van der Waals surface area (Å²) in [6, 6.07) is 12.8. The lowest BCUT2D eigenvalue weighted by Gasteiger charge is -2.20. The average Bonchev–Trinajstić information content (AvgIpc) is 2.60. The summed E-state index contributed by atoms with van der Waals surface area (Å²) in [6.07, 6.45) is -0.868. The predicted octanol–water partition coefficient (Wildman–Crippen LogP) is 4.08. The van der Waals surface area contributed by atoms with E-state index in [4.69, 9.17) is 14.2 Å². The van der Waals surface area contributed by atoms with Crippen LogP contribution in [0.2, 0.25) is 0 Å². The van der Waals surface area contributed by atoms with Crippen LogP contribution in [0.4, 0.5) is 0 Å². The van der Waals surface area contributed by atoms with Gasteiger partial charge >= 0.3 is 5.97 Å². The van der Waals surface area contributed by atoms with Crippen LogP contribution in [0, 0.1) is 0 Å². The van der Waals surface area contributed by atoms with Gasteiger partial charge in [-0.25, -0.2) is 4.79 Å². The quantitative estimate of drug-likeness (QED) is 0.808. The summed E-state index contributed by atoms with van der Waals surface area (Å²) in [5, 5.41) is 9.57. The summed E-state index contributed by atoms with van der Waals surface area (Å²) in [4.78, 5) is 11.7. The maximum absolute atomic E-state index is 11.7. The van der Waals surface area contributed by atoms with E-state index in [0.29, 0.717) is 22.8 Å². The van der Waals surface area contributed by atoms with Gasteiger partial charge in [-0.05, 0) is 41.3 Å². The summed E-state index contributed by atoms with van der Waals surface area (Å²) in [7, 11) is 3.11. The van der Waals surface area contributed by atoms with Crippen LogP contribution >= 0.6 is 0 Å². The van der Waals surface area contributed by atoms with Crippen molar-refractivity contribution in [2.24, 2.45) is 0 Å². The Bertz CT molecular complexity index is 744. The third-order valence-electron chi connectivity index (χ3n) is 4.17. The fraction of sp³-hybridized carbons (Fsp3) is 0.381. The largest absolute Gasteiger partial charge is 0.497 e. The summed E-state index contributed by atoms with van der Waals surface area (Å²) in [6.45, 7) is 6.37. The minimum Gasteiger partial charge on any atom is -0.497 e. The molecule has 2 aromatic carbocycles. The summed E-state index contributed by atoms with van der Waals surface area (Å²) in [5.41, 5.74) is 1.90. The Morgan fingerprint density at radius 1 is 1.00 bits per heavy atom. The van der Waals surface area contributed by atoms with Crippen molar-refractivity contribution in [2.75, 3.05) is 14.2 Å². The zero-order valence-corrected chi connectivity index (χ0v) is 15.9. The zero-order valence-electron chi connectivity index (χ0n) is 15.9. The molecule has 0 aliphatic heterocycles. The minimum atomic E-state index is -1.03. The molecule has 0 aliphatic rings. The number of rotatable bonds is 7. The molecule has 0 saturated heterocycles. The van der Waals surface area contributed by atoms with Crippen LogP contribution in [-0.4, -0.2) is 31.4 Å². The van der Waals surface area contributed by atoms with Crippen molar-refractivity contribution in [2.45, 2.75) is 38.7 Å². The van der Waals surface area contributed by atoms with Gasteiger partial charge in [0.2, 0.25) is 0 Å². The first-order valence-corrected chi connectivity index (χ1v) is 8.45. The maximum atomic E-state index is 11.7. The average molecular weight is 358 g/mol. The molecule has 0 radical (unpaired) electrons. The Morgan fingerprint density at radius 2 is 1.62 bits per heavy atom. The van der Waals surface area contributed by atoms with Crippen molar-refractivity contribution in [3.8, 4) is 17.2 Å². The van der Waals surface area contributed by atoms with E-state index in [9.17, 15) is 9.90 Å². The molecular weight excluding hydrogens is 332 g/mol. The molecule has 5 heteroatoms. The van der Waals surface area contributed by atoms with Crippen LogP contribution in [-0.2, 0) is 16.6 Å². The number of aliphatic carboxylic acids is 1. The number of carboxylic acids is 1. The van der Waals surface area contributed by atoms with Crippen molar-refractivity contribution in [3.63, 3.8) is 0 Å². The summed E-state index contributed by atoms with van der Waals surface area (Å²) < 4.78 is 16.3. The van der Waals surface area contributed by atoms with Crippen LogP contribution in [0.5, 0.6) is 17.2 Å². The SMILES string of the molecule is COc1ccc(OC)c(CC(Oc2ccc(C(C)(C)C)cc2)C(=O)O)c1. The number of benzene rings is 2. The molecule has 5 nitrogen and oxygen atoms in total. The first kappa shape index (κ1) is 19.6. The molecule has 0 heterocycles. The third kappa shape index (κ3) is 4.91. The molecule has 0 saturated carbocycles. The lowest BCUT2D eigenvalue weighted by Crippen LogP contribution is -2.29. The molecule has 140 valence electrons. The Morgan fingerprint density at radius 3 is 2.12 bits per heavy atom. The van der Waals surface area contributed by atoms with Gasteiger partial charge in [0.1, 0.15) is 17.2 Å².